The summed E-state index contributed by atoms with van der Waals surface area (Å²) in [5, 5.41) is 2.41. The number of fused-ring (bicyclic) bond motifs is 13. The Morgan fingerprint density at radius 3 is 1.61 bits per heavy atom. The van der Waals surface area contributed by atoms with Gasteiger partial charge in [0.2, 0.25) is 0 Å². The SMILES string of the molecule is CC(C)(C)c1cc(C(C)(C)C)c2oc3c4c(ccc3c2c1)C(C)(C)c1cc(N(c2ccc3c(c2)C(C)(C)c2ccccc2-3)c2cccc3c2-c2ccccc2C3(C)C)ccc1-4. The molecule has 1 aromatic heterocycles. The highest BCUT2D eigenvalue weighted by molar-refractivity contribution is 6.13. The molecule has 2 nitrogen and oxygen atoms in total. The summed E-state index contributed by atoms with van der Waals surface area (Å²) in [5.41, 5.74) is 23.6. The van der Waals surface area contributed by atoms with E-state index < -0.39 is 0 Å². The van der Waals surface area contributed by atoms with Gasteiger partial charge in [0.05, 0.1) is 5.69 Å². The van der Waals surface area contributed by atoms with Crippen molar-refractivity contribution in [1.82, 2.24) is 0 Å². The number of furan rings is 1. The van der Waals surface area contributed by atoms with E-state index in [1.54, 1.807) is 0 Å². The number of hydrogen-bond acceptors (Lipinski definition) is 2. The zero-order valence-corrected chi connectivity index (χ0v) is 38.0. The first kappa shape index (κ1) is 38.1. The average molecular weight is 796 g/mol. The molecule has 3 aliphatic rings. The predicted molar refractivity (Wildman–Crippen MR) is 258 cm³/mol. The van der Waals surface area contributed by atoms with E-state index >= 15 is 0 Å². The summed E-state index contributed by atoms with van der Waals surface area (Å²) >= 11 is 0. The van der Waals surface area contributed by atoms with Crippen molar-refractivity contribution < 1.29 is 4.42 Å². The molecule has 0 amide bonds. The lowest BCUT2D eigenvalue weighted by Crippen LogP contribution is -2.18. The molecule has 0 aliphatic heterocycles. The Morgan fingerprint density at radius 2 is 0.934 bits per heavy atom. The van der Waals surface area contributed by atoms with Crippen LogP contribution in [0, 0.1) is 0 Å². The normalized spacial score (nSPS) is 16.3. The summed E-state index contributed by atoms with van der Waals surface area (Å²) in [5.74, 6) is 0. The fourth-order valence-corrected chi connectivity index (χ4v) is 11.5. The molecule has 304 valence electrons. The molecular weight excluding hydrogens is 739 g/mol. The van der Waals surface area contributed by atoms with Crippen LogP contribution in [0.1, 0.15) is 128 Å². The zero-order chi connectivity index (χ0) is 42.8. The van der Waals surface area contributed by atoms with Crippen LogP contribution >= 0.6 is 0 Å². The van der Waals surface area contributed by atoms with Gasteiger partial charge in [0.25, 0.3) is 0 Å². The van der Waals surface area contributed by atoms with Crippen LogP contribution in [0.2, 0.25) is 0 Å². The number of anilines is 3. The highest BCUT2D eigenvalue weighted by Crippen LogP contribution is 2.58. The Balaban J connectivity index is 1.15. The molecule has 0 fully saturated rings. The van der Waals surface area contributed by atoms with Gasteiger partial charge in [0.15, 0.2) is 0 Å². The van der Waals surface area contributed by atoms with E-state index in [9.17, 15) is 0 Å². The van der Waals surface area contributed by atoms with Crippen molar-refractivity contribution in [3.63, 3.8) is 0 Å². The monoisotopic (exact) mass is 795 g/mol. The van der Waals surface area contributed by atoms with Crippen molar-refractivity contribution in [2.24, 2.45) is 0 Å². The van der Waals surface area contributed by atoms with E-state index in [4.69, 9.17) is 4.42 Å². The quantitative estimate of drug-likeness (QED) is 0.177. The van der Waals surface area contributed by atoms with Crippen molar-refractivity contribution in [3.05, 3.63) is 172 Å². The topological polar surface area (TPSA) is 16.4 Å². The Kier molecular flexibility index (Phi) is 7.59. The lowest BCUT2D eigenvalue weighted by Gasteiger charge is -2.31. The molecule has 8 aromatic rings. The van der Waals surface area contributed by atoms with E-state index in [1.165, 1.54) is 100 Å². The summed E-state index contributed by atoms with van der Waals surface area (Å²) in [6, 6.07) is 48.9. The van der Waals surface area contributed by atoms with Gasteiger partial charge in [0, 0.05) is 55.1 Å². The minimum absolute atomic E-state index is 0.0145. The molecule has 61 heavy (non-hydrogen) atoms. The molecule has 0 atom stereocenters. The van der Waals surface area contributed by atoms with Crippen LogP contribution < -0.4 is 4.90 Å². The smallest absolute Gasteiger partial charge is 0.143 e. The number of benzene rings is 7. The van der Waals surface area contributed by atoms with Crippen molar-refractivity contribution >= 4 is 39.0 Å². The summed E-state index contributed by atoms with van der Waals surface area (Å²) in [6.07, 6.45) is 0. The maximum atomic E-state index is 7.17. The highest BCUT2D eigenvalue weighted by atomic mass is 16.3. The van der Waals surface area contributed by atoms with Gasteiger partial charge >= 0.3 is 0 Å². The number of rotatable bonds is 3. The molecule has 7 aromatic carbocycles. The van der Waals surface area contributed by atoms with Crippen LogP contribution in [0.5, 0.6) is 0 Å². The van der Waals surface area contributed by atoms with Crippen LogP contribution in [0.3, 0.4) is 0 Å². The van der Waals surface area contributed by atoms with Gasteiger partial charge in [-0.25, -0.2) is 0 Å². The fraction of sp³-hybridized carbons (Fsp3) is 0.288. The molecule has 1 heterocycles. The predicted octanol–water partition coefficient (Wildman–Crippen LogP) is 16.6. The van der Waals surface area contributed by atoms with Crippen molar-refractivity contribution in [1.29, 1.82) is 0 Å². The minimum atomic E-state index is -0.252. The number of nitrogens with zero attached hydrogens (tertiary/aromatic N) is 1. The molecule has 0 bridgehead atoms. The van der Waals surface area contributed by atoms with Gasteiger partial charge in [-0.2, -0.15) is 0 Å². The molecule has 0 radical (unpaired) electrons. The minimum Gasteiger partial charge on any atom is -0.455 e. The van der Waals surface area contributed by atoms with Gasteiger partial charge in [-0.1, -0.05) is 174 Å². The van der Waals surface area contributed by atoms with E-state index in [-0.39, 0.29) is 27.1 Å². The van der Waals surface area contributed by atoms with E-state index in [2.05, 4.69) is 215 Å². The molecule has 0 spiro atoms. The Hall–Kier alpha value is -5.86. The number of hydrogen-bond donors (Lipinski definition) is 0. The van der Waals surface area contributed by atoms with Crippen LogP contribution in [0.25, 0.3) is 55.3 Å². The van der Waals surface area contributed by atoms with Crippen molar-refractivity contribution in [3.8, 4) is 33.4 Å². The summed E-state index contributed by atoms with van der Waals surface area (Å²) in [7, 11) is 0. The van der Waals surface area contributed by atoms with Crippen LogP contribution in [0.15, 0.2) is 132 Å². The molecule has 11 rings (SSSR count). The second-order valence-electron chi connectivity index (χ2n) is 21.8. The highest BCUT2D eigenvalue weighted by Gasteiger charge is 2.42. The summed E-state index contributed by atoms with van der Waals surface area (Å²) in [6.45, 7) is 28.2. The average Bonchev–Trinajstić information content (AvgIpc) is 3.86. The van der Waals surface area contributed by atoms with Gasteiger partial charge in [-0.05, 0) is 108 Å². The van der Waals surface area contributed by atoms with Crippen LogP contribution in [-0.2, 0) is 27.1 Å². The Labute approximate surface area is 362 Å². The standard InChI is InChI=1S/C59H57NO/c1-55(2,3)34-30-42-39-28-29-46-52(54(39)61-53(42)49(31-34)56(4,5)6)41-27-25-36(33-48(41)59(46,11)12)60(35-24-26-38-37-18-13-15-20-43(37)58(9,10)47(38)32-35)50-23-17-22-45-51(50)40-19-14-16-21-44(40)57(45,7)8/h13-33H,1-12H3. The van der Waals surface area contributed by atoms with E-state index in [0.717, 1.165) is 16.9 Å². The molecule has 0 unspecified atom stereocenters. The first-order valence-corrected chi connectivity index (χ1v) is 22.3. The summed E-state index contributed by atoms with van der Waals surface area (Å²) < 4.78 is 7.17. The largest absolute Gasteiger partial charge is 0.455 e. The summed E-state index contributed by atoms with van der Waals surface area (Å²) in [4.78, 5) is 2.55. The Bertz CT molecular complexity index is 3190. The van der Waals surface area contributed by atoms with Gasteiger partial charge < -0.3 is 9.32 Å². The lowest BCUT2D eigenvalue weighted by molar-refractivity contribution is 0.559. The molecular formula is C59H57NO. The van der Waals surface area contributed by atoms with Crippen LogP contribution in [-0.4, -0.2) is 0 Å². The van der Waals surface area contributed by atoms with Crippen molar-refractivity contribution in [2.75, 3.05) is 4.90 Å². The fourth-order valence-electron chi connectivity index (χ4n) is 11.5. The third-order valence-electron chi connectivity index (χ3n) is 14.9. The molecule has 3 aliphatic carbocycles. The zero-order valence-electron chi connectivity index (χ0n) is 38.0. The molecule has 0 N–H and O–H groups in total. The Morgan fingerprint density at radius 1 is 0.410 bits per heavy atom. The third-order valence-corrected chi connectivity index (χ3v) is 14.9. The van der Waals surface area contributed by atoms with Gasteiger partial charge in [-0.15, -0.1) is 0 Å². The second kappa shape index (κ2) is 12.2. The lowest BCUT2D eigenvalue weighted by atomic mass is 9.79. The maximum absolute atomic E-state index is 7.17. The van der Waals surface area contributed by atoms with Gasteiger partial charge in [0.1, 0.15) is 11.2 Å². The molecule has 0 saturated carbocycles. The van der Waals surface area contributed by atoms with Crippen molar-refractivity contribution in [2.45, 2.75) is 110 Å². The van der Waals surface area contributed by atoms with E-state index in [1.807, 2.05) is 0 Å². The molecule has 0 saturated heterocycles. The molecule has 2 heteroatoms. The van der Waals surface area contributed by atoms with Crippen LogP contribution in [0.4, 0.5) is 17.1 Å². The third kappa shape index (κ3) is 5.14. The first-order chi connectivity index (χ1) is 28.8. The maximum Gasteiger partial charge on any atom is 0.143 e. The van der Waals surface area contributed by atoms with Gasteiger partial charge in [-0.3, -0.25) is 0 Å². The van der Waals surface area contributed by atoms with E-state index in [0.29, 0.717) is 0 Å². The first-order valence-electron chi connectivity index (χ1n) is 22.3. The second-order valence-corrected chi connectivity index (χ2v) is 21.8.